The Labute approximate surface area is 207 Å². The van der Waals surface area contributed by atoms with Gasteiger partial charge in [-0.15, -0.1) is 0 Å². The van der Waals surface area contributed by atoms with Gasteiger partial charge in [0, 0.05) is 50.9 Å². The highest BCUT2D eigenvalue weighted by atomic mass is 32.2. The van der Waals surface area contributed by atoms with Crippen LogP contribution in [0.4, 0.5) is 11.4 Å². The maximum absolute atomic E-state index is 13.4. The average molecular weight is 503 g/mol. The Balaban J connectivity index is 1.68. The van der Waals surface area contributed by atoms with Crippen LogP contribution in [0.2, 0.25) is 0 Å². The van der Waals surface area contributed by atoms with E-state index in [1.54, 1.807) is 18.2 Å². The number of carbonyl (C=O) groups is 1. The van der Waals surface area contributed by atoms with E-state index in [0.29, 0.717) is 22.7 Å². The lowest BCUT2D eigenvalue weighted by Crippen LogP contribution is -2.43. The predicted octanol–water partition coefficient (Wildman–Crippen LogP) is 2.93. The van der Waals surface area contributed by atoms with Crippen molar-refractivity contribution in [2.75, 3.05) is 63.1 Å². The van der Waals surface area contributed by atoms with Crippen molar-refractivity contribution >= 4 is 27.3 Å². The zero-order valence-corrected chi connectivity index (χ0v) is 21.2. The van der Waals surface area contributed by atoms with Crippen molar-refractivity contribution in [1.29, 1.82) is 0 Å². The summed E-state index contributed by atoms with van der Waals surface area (Å²) in [7, 11) is -1.00. The number of benzene rings is 2. The van der Waals surface area contributed by atoms with E-state index >= 15 is 0 Å². The fourth-order valence-corrected chi connectivity index (χ4v) is 5.66. The predicted molar refractivity (Wildman–Crippen MR) is 136 cm³/mol. The summed E-state index contributed by atoms with van der Waals surface area (Å²) < 4.78 is 40.1. The lowest BCUT2D eigenvalue weighted by molar-refractivity contribution is 0.0761. The van der Waals surface area contributed by atoms with E-state index in [2.05, 4.69) is 14.9 Å². The molecular formula is C25H34N4O5S. The van der Waals surface area contributed by atoms with Gasteiger partial charge in [0.1, 0.15) is 0 Å². The Hall–Kier alpha value is -2.98. The van der Waals surface area contributed by atoms with Crippen molar-refractivity contribution in [2.45, 2.75) is 30.6 Å². The molecule has 2 heterocycles. The Kier molecular flexibility index (Phi) is 8.02. The Morgan fingerprint density at radius 1 is 0.886 bits per heavy atom. The van der Waals surface area contributed by atoms with E-state index in [1.807, 2.05) is 11.0 Å². The topological polar surface area (TPSA) is 100 Å². The largest absolute Gasteiger partial charge is 0.493 e. The van der Waals surface area contributed by atoms with Crippen molar-refractivity contribution in [2.24, 2.45) is 0 Å². The summed E-state index contributed by atoms with van der Waals surface area (Å²) in [4.78, 5) is 17.3. The Morgan fingerprint density at radius 3 is 2.23 bits per heavy atom. The number of amides is 1. The number of likely N-dealkylation sites (tertiary alicyclic amines) is 1. The van der Waals surface area contributed by atoms with E-state index in [4.69, 9.17) is 9.47 Å². The molecule has 190 valence electrons. The van der Waals surface area contributed by atoms with Crippen LogP contribution in [-0.2, 0) is 10.0 Å². The number of methoxy groups -OCH3 is 2. The molecule has 0 aliphatic carbocycles. The van der Waals surface area contributed by atoms with Crippen LogP contribution >= 0.6 is 0 Å². The third kappa shape index (κ3) is 5.82. The molecule has 0 spiro atoms. The number of sulfonamides is 1. The lowest BCUT2D eigenvalue weighted by Gasteiger charge is -2.31. The van der Waals surface area contributed by atoms with Crippen LogP contribution in [0, 0.1) is 0 Å². The molecule has 10 heteroatoms. The summed E-state index contributed by atoms with van der Waals surface area (Å²) in [6.45, 7) is 4.54. The van der Waals surface area contributed by atoms with Crippen LogP contribution in [0.1, 0.15) is 36.0 Å². The molecule has 2 aromatic rings. The van der Waals surface area contributed by atoms with Crippen LogP contribution in [0.25, 0.3) is 0 Å². The third-order valence-electron chi connectivity index (χ3n) is 6.50. The summed E-state index contributed by atoms with van der Waals surface area (Å²) in [5, 5.41) is 3.31. The molecule has 2 aliphatic heterocycles. The fourth-order valence-electron chi connectivity index (χ4n) is 4.58. The SMILES string of the molecule is COc1ccc(S(=O)(=O)Nc2cc(C(=O)N3CCCCCC3)ccc2N2CCNCC2)cc1OC. The number of rotatable bonds is 7. The standard InChI is InChI=1S/C25H34N4O5S/c1-33-23-10-8-20(18-24(23)34-2)35(31,32)27-21-17-19(25(30)29-13-5-3-4-6-14-29)7-9-22(21)28-15-11-26-12-16-28/h7-10,17-18,26-27H,3-6,11-16H2,1-2H3. The van der Waals surface area contributed by atoms with Gasteiger partial charge in [-0.2, -0.15) is 0 Å². The number of hydrogen-bond donors (Lipinski definition) is 2. The van der Waals surface area contributed by atoms with Gasteiger partial charge in [0.2, 0.25) is 0 Å². The van der Waals surface area contributed by atoms with E-state index < -0.39 is 10.0 Å². The fraction of sp³-hybridized carbons (Fsp3) is 0.480. The minimum atomic E-state index is -3.96. The zero-order valence-electron chi connectivity index (χ0n) is 20.4. The molecule has 2 aromatic carbocycles. The van der Waals surface area contributed by atoms with Crippen molar-refractivity contribution < 1.29 is 22.7 Å². The number of ether oxygens (including phenoxy) is 2. The number of piperazine rings is 1. The number of anilines is 2. The van der Waals surface area contributed by atoms with Crippen LogP contribution in [0.3, 0.4) is 0 Å². The van der Waals surface area contributed by atoms with Gasteiger partial charge >= 0.3 is 0 Å². The van der Waals surface area contributed by atoms with Crippen molar-refractivity contribution in [1.82, 2.24) is 10.2 Å². The smallest absolute Gasteiger partial charge is 0.262 e. The molecule has 2 saturated heterocycles. The van der Waals surface area contributed by atoms with Gasteiger partial charge in [-0.3, -0.25) is 9.52 Å². The van der Waals surface area contributed by atoms with Crippen LogP contribution in [0.15, 0.2) is 41.3 Å². The molecule has 0 radical (unpaired) electrons. The van der Waals surface area contributed by atoms with Gasteiger partial charge in [-0.05, 0) is 43.2 Å². The summed E-state index contributed by atoms with van der Waals surface area (Å²) >= 11 is 0. The summed E-state index contributed by atoms with van der Waals surface area (Å²) in [6, 6.07) is 9.78. The summed E-state index contributed by atoms with van der Waals surface area (Å²) in [5.41, 5.74) is 1.63. The second-order valence-electron chi connectivity index (χ2n) is 8.80. The first-order chi connectivity index (χ1) is 16.9. The molecule has 0 bridgehead atoms. The second-order valence-corrected chi connectivity index (χ2v) is 10.5. The highest BCUT2D eigenvalue weighted by Gasteiger charge is 2.24. The van der Waals surface area contributed by atoms with E-state index in [1.165, 1.54) is 26.4 Å². The maximum Gasteiger partial charge on any atom is 0.262 e. The van der Waals surface area contributed by atoms with Gasteiger partial charge in [0.15, 0.2) is 11.5 Å². The van der Waals surface area contributed by atoms with E-state index in [0.717, 1.165) is 70.6 Å². The molecule has 1 amide bonds. The van der Waals surface area contributed by atoms with Crippen LogP contribution < -0.4 is 24.4 Å². The highest BCUT2D eigenvalue weighted by molar-refractivity contribution is 7.92. The third-order valence-corrected chi connectivity index (χ3v) is 7.87. The van der Waals surface area contributed by atoms with Gasteiger partial charge in [0.05, 0.1) is 30.5 Å². The van der Waals surface area contributed by atoms with Gasteiger partial charge < -0.3 is 24.6 Å². The maximum atomic E-state index is 13.4. The number of nitrogens with one attached hydrogen (secondary N) is 2. The van der Waals surface area contributed by atoms with Crippen molar-refractivity contribution in [3.8, 4) is 11.5 Å². The molecule has 4 rings (SSSR count). The summed E-state index contributed by atoms with van der Waals surface area (Å²) in [6.07, 6.45) is 4.23. The first-order valence-corrected chi connectivity index (χ1v) is 13.5. The average Bonchev–Trinajstić information content (AvgIpc) is 3.18. The first kappa shape index (κ1) is 25.1. The molecule has 0 atom stereocenters. The Morgan fingerprint density at radius 2 is 1.57 bits per heavy atom. The molecule has 2 N–H and O–H groups in total. The number of hydrogen-bond acceptors (Lipinski definition) is 7. The van der Waals surface area contributed by atoms with Crippen molar-refractivity contribution in [3.05, 3.63) is 42.0 Å². The Bertz CT molecular complexity index is 1140. The molecule has 0 aromatic heterocycles. The van der Waals surface area contributed by atoms with Gasteiger partial charge in [-0.1, -0.05) is 12.8 Å². The minimum Gasteiger partial charge on any atom is -0.493 e. The van der Waals surface area contributed by atoms with E-state index in [-0.39, 0.29) is 10.8 Å². The quantitative estimate of drug-likeness (QED) is 0.601. The molecule has 2 aliphatic rings. The zero-order chi connectivity index (χ0) is 24.8. The van der Waals surface area contributed by atoms with Gasteiger partial charge in [0.25, 0.3) is 15.9 Å². The first-order valence-electron chi connectivity index (χ1n) is 12.1. The number of carbonyl (C=O) groups excluding carboxylic acids is 1. The lowest BCUT2D eigenvalue weighted by atomic mass is 10.1. The van der Waals surface area contributed by atoms with Crippen LogP contribution in [-0.4, -0.2) is 72.7 Å². The summed E-state index contributed by atoms with van der Waals surface area (Å²) in [5.74, 6) is 0.700. The molecule has 9 nitrogen and oxygen atoms in total. The minimum absolute atomic E-state index is 0.0469. The monoisotopic (exact) mass is 502 g/mol. The van der Waals surface area contributed by atoms with Crippen molar-refractivity contribution in [3.63, 3.8) is 0 Å². The normalized spacial score (nSPS) is 17.0. The molecular weight excluding hydrogens is 468 g/mol. The molecule has 2 fully saturated rings. The molecule has 35 heavy (non-hydrogen) atoms. The second kappa shape index (κ2) is 11.2. The van der Waals surface area contributed by atoms with E-state index in [9.17, 15) is 13.2 Å². The number of nitrogens with zero attached hydrogens (tertiary/aromatic N) is 2. The van der Waals surface area contributed by atoms with Gasteiger partial charge in [-0.25, -0.2) is 8.42 Å². The molecule has 0 saturated carbocycles. The molecule has 0 unspecified atom stereocenters. The highest BCUT2D eigenvalue weighted by Crippen LogP contribution is 2.33. The van der Waals surface area contributed by atoms with Crippen LogP contribution in [0.5, 0.6) is 11.5 Å².